The summed E-state index contributed by atoms with van der Waals surface area (Å²) in [6.07, 6.45) is -1.04. The van der Waals surface area contributed by atoms with Crippen LogP contribution in [0.15, 0.2) is 0 Å². The second-order valence-corrected chi connectivity index (χ2v) is 9.82. The van der Waals surface area contributed by atoms with E-state index in [0.29, 0.717) is 17.8 Å². The molecule has 2 aliphatic rings. The fourth-order valence-electron chi connectivity index (χ4n) is 3.31. The molecule has 0 aliphatic carbocycles. The minimum Gasteiger partial charge on any atom is -0.385 e. The average molecular weight is 1830 g/mol. The van der Waals surface area contributed by atoms with E-state index < -0.39 is 24.9 Å². The van der Waals surface area contributed by atoms with Gasteiger partial charge in [-0.2, -0.15) is 5.92 Å². The van der Waals surface area contributed by atoms with Gasteiger partial charge in [-0.1, -0.05) is 41.0 Å². The number of rotatable bonds is 4. The van der Waals surface area contributed by atoms with Crippen LogP contribution in [0.5, 0.6) is 0 Å². The summed E-state index contributed by atoms with van der Waals surface area (Å²) in [4.78, 5) is 0. The summed E-state index contributed by atoms with van der Waals surface area (Å²) < 4.78 is 36.9. The Kier molecular flexibility index (Phi) is 185. The molecule has 0 aromatic carbocycles. The molecule has 0 amide bonds. The topological polar surface area (TPSA) is 27.7 Å². The van der Waals surface area contributed by atoms with Crippen molar-refractivity contribution in [3.63, 3.8) is 0 Å². The smallest absolute Gasteiger partial charge is 0.131 e. The van der Waals surface area contributed by atoms with E-state index in [1.807, 2.05) is 20.8 Å². The standard InChI is InChI=1S/C18H30BO3.2C4H8.C3H6F.CH4.15Y/c1-7-16-13(5)12(4)14(6)18(22-16)20-9-15-8-10(2)11(3)17(19)21-15;2*1-4(2)3;1-3(2)4;;;;;;;;;;;;;;;;/h10-18H,3-4,6-9H2,1-2,5H3;2*4H,1-2H2,3H3;3H,1H2,2H3;1H4;;;;;;;;;;;;;;;/q-3;2*-2;-1;;;;;;;;;;;;;;;;/t10-,11?,12-,13-,14?,15?,16?,17-,18+;;;3-;;;;;;;;;;;;;;;;/m0..0................/s1/i8D;;;;;;;;;;;;;;;;;;;/t8-,10-,11?,12-,13-,14?,15?,16?,17-,18+;;;;;;;;;;;;;;;;;;;. The van der Waals surface area contributed by atoms with Crippen LogP contribution >= 0.6 is 0 Å². The van der Waals surface area contributed by atoms with Gasteiger partial charge in [0.1, 0.15) is 14.1 Å². The Balaban J connectivity index is -0.0000000216. The van der Waals surface area contributed by atoms with E-state index in [2.05, 4.69) is 69.2 Å². The first-order valence-corrected chi connectivity index (χ1v) is 12.4. The summed E-state index contributed by atoms with van der Waals surface area (Å²) in [5.74, 6) is 1.17. The summed E-state index contributed by atoms with van der Waals surface area (Å²) in [7, 11) is 5.96. The van der Waals surface area contributed by atoms with Gasteiger partial charge in [0.05, 0.1) is 18.8 Å². The van der Waals surface area contributed by atoms with Gasteiger partial charge in [-0.15, -0.1) is 25.7 Å². The largest absolute Gasteiger partial charge is 0.385 e. The van der Waals surface area contributed by atoms with Crippen LogP contribution in [0.3, 0.4) is 0 Å². The van der Waals surface area contributed by atoms with Gasteiger partial charge in [-0.05, 0) is 30.9 Å². The van der Waals surface area contributed by atoms with Crippen molar-refractivity contribution in [2.24, 2.45) is 41.4 Å². The molecule has 2 saturated heterocycles. The zero-order valence-corrected chi connectivity index (χ0v) is 74.0. The molecule has 3 nitrogen and oxygen atoms in total. The van der Waals surface area contributed by atoms with E-state index in [1.165, 1.54) is 6.92 Å². The van der Waals surface area contributed by atoms with Crippen LogP contribution < -0.4 is 0 Å². The zero-order valence-electron chi connectivity index (χ0n) is 32.4. The third-order valence-corrected chi connectivity index (χ3v) is 5.24. The summed E-state index contributed by atoms with van der Waals surface area (Å²) in [5, 5.41) is 0. The molecule has 17 radical (unpaired) electrons. The van der Waals surface area contributed by atoms with Crippen molar-refractivity contribution in [3.8, 4) is 0 Å². The van der Waals surface area contributed by atoms with E-state index >= 15 is 0 Å². The zero-order chi connectivity index (χ0) is 28.0. The molecular formula is C30H56BFO3Y15-8. The molecule has 11 atom stereocenters. The summed E-state index contributed by atoms with van der Waals surface area (Å²) in [6.45, 7) is 41.3. The molecule has 2 aliphatic heterocycles. The molecule has 2 heterocycles. The number of hydrogen-bond donors (Lipinski definition) is 0. The SMILES string of the molecule is C.[2H][C@@H]1C(CO[C@@H]2OC(CC)[C@@H](C)[C@H]([CH2-])C2[CH2-])O[C@H]([B])C([CH2-])[C@H]1C.[CH2-]C([CH2-])C.[CH2-]C([CH2-])C.[CH2-][C@@H](C)F.[Y].[Y].[Y].[Y].[Y].[Y].[Y].[Y].[Y].[Y].[Y].[Y].[Y].[Y].[Y]. The third kappa shape index (κ3) is 73.4. The van der Waals surface area contributed by atoms with E-state index in [1.54, 1.807) is 0 Å². The van der Waals surface area contributed by atoms with Crippen molar-refractivity contribution in [2.75, 3.05) is 6.61 Å². The van der Waals surface area contributed by atoms with Gasteiger partial charge in [0.15, 0.2) is 0 Å². The van der Waals surface area contributed by atoms with Crippen molar-refractivity contribution in [1.82, 2.24) is 0 Å². The molecule has 0 N–H and O–H groups in total. The Labute approximate surface area is 694 Å². The molecule has 4 unspecified atom stereocenters. The van der Waals surface area contributed by atoms with Crippen LogP contribution in [0.4, 0.5) is 4.39 Å². The normalized spacial score (nSPS) is 26.5. The van der Waals surface area contributed by atoms with Crippen LogP contribution in [-0.4, -0.2) is 45.1 Å². The quantitative estimate of drug-likeness (QED) is 0.217. The average Bonchev–Trinajstić information content (AvgIpc) is 2.72. The fraction of sp³-hybridized carbons (Fsp3) is 0.733. The van der Waals surface area contributed by atoms with Crippen molar-refractivity contribution in [1.29, 1.82) is 0 Å². The maximum Gasteiger partial charge on any atom is 0.131 e. The van der Waals surface area contributed by atoms with E-state index in [4.69, 9.17) is 23.4 Å². The molecule has 257 valence electrons. The Hall–Kier alpha value is 16.4. The molecule has 0 saturated carbocycles. The van der Waals surface area contributed by atoms with Gasteiger partial charge in [0.25, 0.3) is 0 Å². The van der Waals surface area contributed by atoms with Gasteiger partial charge in [-0.3, -0.25) is 4.39 Å². The molecular weight excluding hydrogens is 1770 g/mol. The number of hydrogen-bond acceptors (Lipinski definition) is 3. The molecule has 2 fully saturated rings. The minimum absolute atomic E-state index is 0. The molecule has 0 bridgehead atoms. The fourth-order valence-corrected chi connectivity index (χ4v) is 3.31. The predicted octanol–water partition coefficient (Wildman–Crippen LogP) is 7.40. The summed E-state index contributed by atoms with van der Waals surface area (Å²) in [6, 6.07) is -0.452. The Morgan fingerprint density at radius 1 is 0.700 bits per heavy atom. The van der Waals surface area contributed by atoms with Crippen LogP contribution in [-0.2, 0) is 505 Å². The minimum atomic E-state index is -0.917. The van der Waals surface area contributed by atoms with Crippen LogP contribution in [0.2, 0.25) is 0 Å². The van der Waals surface area contributed by atoms with E-state index in [9.17, 15) is 4.39 Å². The molecule has 0 aromatic heterocycles. The maximum absolute atomic E-state index is 10.9. The summed E-state index contributed by atoms with van der Waals surface area (Å²) >= 11 is 0. The Morgan fingerprint density at radius 2 is 1.00 bits per heavy atom. The van der Waals surface area contributed by atoms with Gasteiger partial charge in [0, 0.05) is 492 Å². The number of alkyl halides is 1. The van der Waals surface area contributed by atoms with Crippen LogP contribution in [0, 0.1) is 96.8 Å². The van der Waals surface area contributed by atoms with E-state index in [-0.39, 0.29) is 541 Å². The molecule has 50 heavy (non-hydrogen) atoms. The maximum atomic E-state index is 10.9. The molecule has 20 heteroatoms. The Morgan fingerprint density at radius 3 is 1.28 bits per heavy atom. The molecule has 0 spiro atoms. The van der Waals surface area contributed by atoms with Gasteiger partial charge in [0.2, 0.25) is 0 Å². The number of ether oxygens (including phenoxy) is 3. The molecule has 2 rings (SSSR count). The molecule has 0 aromatic rings. The second-order valence-electron chi connectivity index (χ2n) is 9.82. The monoisotopic (exact) mass is 1830 g/mol. The van der Waals surface area contributed by atoms with Crippen molar-refractivity contribution >= 4 is 7.85 Å². The van der Waals surface area contributed by atoms with Crippen molar-refractivity contribution < 1.29 is 511 Å². The van der Waals surface area contributed by atoms with Gasteiger partial charge in [-0.25, -0.2) is 0 Å². The van der Waals surface area contributed by atoms with Gasteiger partial charge < -0.3 is 81.4 Å². The Bertz CT molecular complexity index is 529. The van der Waals surface area contributed by atoms with Crippen molar-refractivity contribution in [3.05, 3.63) is 55.4 Å². The van der Waals surface area contributed by atoms with Crippen molar-refractivity contribution in [2.45, 2.75) is 92.5 Å². The predicted molar refractivity (Wildman–Crippen MR) is 151 cm³/mol. The van der Waals surface area contributed by atoms with Gasteiger partial charge >= 0.3 is 0 Å². The van der Waals surface area contributed by atoms with Crippen LogP contribution in [0.25, 0.3) is 0 Å². The van der Waals surface area contributed by atoms with Crippen LogP contribution in [0.1, 0.15) is 63.2 Å². The first kappa shape index (κ1) is 116. The summed E-state index contributed by atoms with van der Waals surface area (Å²) in [5.41, 5.74) is 0. The van der Waals surface area contributed by atoms with E-state index in [0.717, 1.165) is 6.42 Å². The first-order valence-electron chi connectivity index (χ1n) is 12.9. The number of halogens is 1. The first-order chi connectivity index (χ1) is 16.0. The second kappa shape index (κ2) is 79.6. The third-order valence-electron chi connectivity index (χ3n) is 5.24.